The zero-order chi connectivity index (χ0) is 38.5. The Morgan fingerprint density at radius 2 is 0.709 bits per heavy atom. The van der Waals surface area contributed by atoms with E-state index in [9.17, 15) is 0 Å². The van der Waals surface area contributed by atoms with Crippen LogP contribution >= 0.6 is 0 Å². The minimum Gasteiger partial charge on any atom is -0.310 e. The Morgan fingerprint density at radius 3 is 1.15 bits per heavy atom. The maximum atomic E-state index is 2.45. The molecule has 0 saturated carbocycles. The van der Waals surface area contributed by atoms with Crippen LogP contribution in [0.1, 0.15) is 78.0 Å². The van der Waals surface area contributed by atoms with Crippen LogP contribution in [0.4, 0.5) is 34.1 Å². The first-order valence-corrected chi connectivity index (χ1v) is 19.7. The van der Waals surface area contributed by atoms with E-state index in [0.29, 0.717) is 5.92 Å². The number of nitrogens with zero attached hydrogens (tertiary/aromatic N) is 2. The second-order valence-corrected chi connectivity index (χ2v) is 17.3. The lowest BCUT2D eigenvalue weighted by molar-refractivity contribution is 0.590. The lowest BCUT2D eigenvalue weighted by Crippen LogP contribution is -2.14. The predicted molar refractivity (Wildman–Crippen MR) is 240 cm³/mol. The maximum absolute atomic E-state index is 2.45. The molecule has 55 heavy (non-hydrogen) atoms. The average Bonchev–Trinajstić information content (AvgIpc) is 3.18. The Balaban J connectivity index is 1.45. The third kappa shape index (κ3) is 6.87. The Hall–Kier alpha value is -5.86. The molecule has 0 amide bonds. The van der Waals surface area contributed by atoms with E-state index in [4.69, 9.17) is 0 Å². The van der Waals surface area contributed by atoms with E-state index in [1.54, 1.807) is 0 Å². The van der Waals surface area contributed by atoms with Crippen LogP contribution in [-0.4, -0.2) is 0 Å². The van der Waals surface area contributed by atoms with Gasteiger partial charge in [-0.1, -0.05) is 159 Å². The van der Waals surface area contributed by atoms with Gasteiger partial charge in [0.15, 0.2) is 0 Å². The van der Waals surface area contributed by atoms with Crippen molar-refractivity contribution < 1.29 is 0 Å². The molecule has 8 aromatic carbocycles. The Kier molecular flexibility index (Phi) is 9.26. The molecule has 0 N–H and O–H groups in total. The van der Waals surface area contributed by atoms with Gasteiger partial charge in [0.2, 0.25) is 0 Å². The number of benzene rings is 8. The quantitative estimate of drug-likeness (QED) is 0.152. The second-order valence-electron chi connectivity index (χ2n) is 17.3. The van der Waals surface area contributed by atoms with Crippen molar-refractivity contribution in [3.8, 4) is 0 Å². The highest BCUT2D eigenvalue weighted by atomic mass is 15.1. The molecule has 0 fully saturated rings. The summed E-state index contributed by atoms with van der Waals surface area (Å²) in [6, 6.07) is 60.9. The molecule has 0 aromatic heterocycles. The topological polar surface area (TPSA) is 6.48 Å². The van der Waals surface area contributed by atoms with Crippen LogP contribution in [0.5, 0.6) is 0 Å². The van der Waals surface area contributed by atoms with E-state index >= 15 is 0 Å². The van der Waals surface area contributed by atoms with Crippen LogP contribution < -0.4 is 9.80 Å². The van der Waals surface area contributed by atoms with Gasteiger partial charge in [0, 0.05) is 33.5 Å². The number of hydrogen-bond acceptors (Lipinski definition) is 2. The average molecular weight is 717 g/mol. The molecule has 0 aliphatic rings. The number of hydrogen-bond donors (Lipinski definition) is 0. The van der Waals surface area contributed by atoms with Crippen molar-refractivity contribution in [2.45, 2.75) is 72.1 Å². The minimum atomic E-state index is 0.0673. The number of rotatable bonds is 7. The number of para-hydroxylation sites is 2. The fourth-order valence-electron chi connectivity index (χ4n) is 7.94. The van der Waals surface area contributed by atoms with Crippen molar-refractivity contribution in [2.24, 2.45) is 0 Å². The first-order chi connectivity index (χ1) is 26.4. The van der Waals surface area contributed by atoms with Gasteiger partial charge in [-0.2, -0.15) is 0 Å². The van der Waals surface area contributed by atoms with Gasteiger partial charge in [0.05, 0.1) is 11.4 Å². The van der Waals surface area contributed by atoms with E-state index < -0.39 is 0 Å². The van der Waals surface area contributed by atoms with Gasteiger partial charge in [0.25, 0.3) is 0 Å². The molecular formula is C53H52N2. The molecule has 0 aliphatic heterocycles. The zero-order valence-corrected chi connectivity index (χ0v) is 33.6. The van der Waals surface area contributed by atoms with Crippen LogP contribution in [0.2, 0.25) is 0 Å². The molecule has 2 heteroatoms. The monoisotopic (exact) mass is 716 g/mol. The summed E-state index contributed by atoms with van der Waals surface area (Å²) >= 11 is 0. The standard InChI is InChI=1S/C53H52N2/c1-36(2)37-23-32-46-47(33-37)49-35-50(54(40-17-11-9-12-18-40)42-28-24-38(25-29-42)52(3,4)5)45-22-16-15-21-44(45)48(49)34-51(46)55(41-19-13-10-14-20-41)43-30-26-39(27-31-43)53(6,7)8/h9-36H,1-8H3. The Labute approximate surface area is 327 Å². The highest BCUT2D eigenvalue weighted by Crippen LogP contribution is 2.48. The summed E-state index contributed by atoms with van der Waals surface area (Å²) in [4.78, 5) is 4.88. The van der Waals surface area contributed by atoms with Crippen LogP contribution in [-0.2, 0) is 10.8 Å². The van der Waals surface area contributed by atoms with Crippen molar-refractivity contribution in [1.82, 2.24) is 0 Å². The molecule has 0 unspecified atom stereocenters. The van der Waals surface area contributed by atoms with E-state index in [1.165, 1.54) is 60.4 Å². The molecule has 0 aliphatic carbocycles. The Morgan fingerprint density at radius 1 is 0.345 bits per heavy atom. The highest BCUT2D eigenvalue weighted by molar-refractivity contribution is 6.24. The third-order valence-electron chi connectivity index (χ3n) is 11.1. The van der Waals surface area contributed by atoms with Crippen LogP contribution in [0.15, 0.2) is 164 Å². The summed E-state index contributed by atoms with van der Waals surface area (Å²) < 4.78 is 0. The van der Waals surface area contributed by atoms with E-state index in [-0.39, 0.29) is 10.8 Å². The zero-order valence-electron chi connectivity index (χ0n) is 33.6. The number of anilines is 6. The van der Waals surface area contributed by atoms with Gasteiger partial charge in [0.1, 0.15) is 0 Å². The van der Waals surface area contributed by atoms with Crippen molar-refractivity contribution in [1.29, 1.82) is 0 Å². The molecule has 8 rings (SSSR count). The summed E-state index contributed by atoms with van der Waals surface area (Å²) in [5, 5.41) is 7.42. The van der Waals surface area contributed by atoms with Crippen molar-refractivity contribution in [3.63, 3.8) is 0 Å². The molecule has 274 valence electrons. The lowest BCUT2D eigenvalue weighted by Gasteiger charge is -2.30. The smallest absolute Gasteiger partial charge is 0.0546 e. The van der Waals surface area contributed by atoms with Crippen molar-refractivity contribution in [2.75, 3.05) is 9.80 Å². The number of fused-ring (bicyclic) bond motifs is 5. The largest absolute Gasteiger partial charge is 0.310 e. The molecule has 0 spiro atoms. The normalized spacial score (nSPS) is 12.2. The lowest BCUT2D eigenvalue weighted by atomic mass is 9.87. The molecule has 2 nitrogen and oxygen atoms in total. The van der Waals surface area contributed by atoms with Gasteiger partial charge < -0.3 is 9.80 Å². The Bertz CT molecular complexity index is 2610. The molecule has 0 heterocycles. The molecular weight excluding hydrogens is 665 g/mol. The van der Waals surface area contributed by atoms with E-state index in [1.807, 2.05) is 0 Å². The summed E-state index contributed by atoms with van der Waals surface area (Å²) in [5.74, 6) is 0.389. The molecule has 0 saturated heterocycles. The van der Waals surface area contributed by atoms with Crippen molar-refractivity contribution in [3.05, 3.63) is 180 Å². The van der Waals surface area contributed by atoms with Gasteiger partial charge >= 0.3 is 0 Å². The van der Waals surface area contributed by atoms with Crippen molar-refractivity contribution >= 4 is 66.4 Å². The highest BCUT2D eigenvalue weighted by Gasteiger charge is 2.24. The van der Waals surface area contributed by atoms with Gasteiger partial charge in [-0.25, -0.2) is 0 Å². The predicted octanol–water partition coefficient (Wildman–Crippen LogP) is 15.8. The van der Waals surface area contributed by atoms with Gasteiger partial charge in [-0.05, 0) is 116 Å². The summed E-state index contributed by atoms with van der Waals surface area (Å²) in [7, 11) is 0. The minimum absolute atomic E-state index is 0.0673. The van der Waals surface area contributed by atoms with Gasteiger partial charge in [-0.3, -0.25) is 0 Å². The third-order valence-corrected chi connectivity index (χ3v) is 11.1. The van der Waals surface area contributed by atoms with Crippen LogP contribution in [0, 0.1) is 0 Å². The summed E-state index contributed by atoms with van der Waals surface area (Å²) in [6.45, 7) is 18.2. The SMILES string of the molecule is CC(C)c1ccc2c(N(c3ccccc3)c3ccc(C(C)(C)C)cc3)cc3c4ccccc4c(N(c4ccccc4)c4ccc(C(C)(C)C)cc4)cc3c2c1. The molecule has 8 aromatic rings. The summed E-state index contributed by atoms with van der Waals surface area (Å²) in [5.41, 5.74) is 11.0. The van der Waals surface area contributed by atoms with E-state index in [2.05, 4.69) is 229 Å². The van der Waals surface area contributed by atoms with E-state index in [0.717, 1.165) is 22.7 Å². The molecule has 0 radical (unpaired) electrons. The van der Waals surface area contributed by atoms with Crippen LogP contribution in [0.25, 0.3) is 32.3 Å². The first-order valence-electron chi connectivity index (χ1n) is 19.7. The van der Waals surface area contributed by atoms with Gasteiger partial charge in [-0.15, -0.1) is 0 Å². The fraction of sp³-hybridized carbons (Fsp3) is 0.208. The van der Waals surface area contributed by atoms with Crippen LogP contribution in [0.3, 0.4) is 0 Å². The molecule has 0 atom stereocenters. The maximum Gasteiger partial charge on any atom is 0.0546 e. The fourth-order valence-corrected chi connectivity index (χ4v) is 7.94. The summed E-state index contributed by atoms with van der Waals surface area (Å²) in [6.07, 6.45) is 0. The second kappa shape index (κ2) is 14.1. The first kappa shape index (κ1) is 36.1. The molecule has 0 bridgehead atoms.